The Balaban J connectivity index is 2.20. The molecule has 2 nitrogen and oxygen atoms in total. The summed E-state index contributed by atoms with van der Waals surface area (Å²) in [6, 6.07) is 0.490. The Hall–Kier alpha value is -0.790. The highest BCUT2D eigenvalue weighted by Gasteiger charge is 2.28. The van der Waals surface area contributed by atoms with Crippen LogP contribution in [0.5, 0.6) is 0 Å². The Bertz CT molecular complexity index is 184. The Kier molecular flexibility index (Phi) is 1.26. The Labute approximate surface area is 61.0 Å². The third-order valence-corrected chi connectivity index (χ3v) is 2.34. The highest BCUT2D eigenvalue weighted by Crippen LogP contribution is 2.23. The average Bonchev–Trinajstić information content (AvgIpc) is 2.36. The number of hydrogen-bond donors (Lipinski definition) is 1. The molecule has 2 aliphatic rings. The van der Waals surface area contributed by atoms with Crippen LogP contribution in [0.1, 0.15) is 6.92 Å². The van der Waals surface area contributed by atoms with Crippen molar-refractivity contribution in [2.24, 2.45) is 16.8 Å². The fraction of sp³-hybridized carbons (Fsp3) is 0.625. The van der Waals surface area contributed by atoms with Gasteiger partial charge in [0.05, 0.1) is 6.04 Å². The van der Waals surface area contributed by atoms with E-state index in [1.807, 2.05) is 12.4 Å². The van der Waals surface area contributed by atoms with E-state index < -0.39 is 0 Å². The molecule has 0 aromatic rings. The van der Waals surface area contributed by atoms with E-state index in [0.717, 1.165) is 6.54 Å². The summed E-state index contributed by atoms with van der Waals surface area (Å²) in [7, 11) is 0. The molecule has 0 amide bonds. The number of aliphatic imine (C=N–C) groups is 1. The highest BCUT2D eigenvalue weighted by atomic mass is 15.0. The van der Waals surface area contributed by atoms with Crippen molar-refractivity contribution in [2.75, 3.05) is 6.54 Å². The fourth-order valence-corrected chi connectivity index (χ4v) is 1.66. The van der Waals surface area contributed by atoms with Crippen molar-refractivity contribution in [1.82, 2.24) is 5.32 Å². The molecule has 0 saturated heterocycles. The molecule has 2 heterocycles. The van der Waals surface area contributed by atoms with Crippen molar-refractivity contribution >= 4 is 6.21 Å². The van der Waals surface area contributed by atoms with Gasteiger partial charge in [0.15, 0.2) is 0 Å². The van der Waals surface area contributed by atoms with Gasteiger partial charge in [0, 0.05) is 18.7 Å². The van der Waals surface area contributed by atoms with Gasteiger partial charge >= 0.3 is 0 Å². The van der Waals surface area contributed by atoms with Gasteiger partial charge < -0.3 is 5.32 Å². The van der Waals surface area contributed by atoms with Crippen molar-refractivity contribution in [1.29, 1.82) is 0 Å². The highest BCUT2D eigenvalue weighted by molar-refractivity contribution is 5.67. The molecule has 2 rings (SSSR count). The summed E-state index contributed by atoms with van der Waals surface area (Å²) < 4.78 is 0. The van der Waals surface area contributed by atoms with Crippen molar-refractivity contribution in [3.8, 4) is 0 Å². The Morgan fingerprint density at radius 1 is 1.60 bits per heavy atom. The molecule has 0 fully saturated rings. The first-order valence-corrected chi connectivity index (χ1v) is 3.80. The lowest BCUT2D eigenvalue weighted by atomic mass is 9.88. The van der Waals surface area contributed by atoms with Gasteiger partial charge in [0.25, 0.3) is 0 Å². The molecule has 0 aliphatic carbocycles. The van der Waals surface area contributed by atoms with Gasteiger partial charge in [-0.15, -0.1) is 0 Å². The van der Waals surface area contributed by atoms with E-state index in [1.54, 1.807) is 0 Å². The van der Waals surface area contributed by atoms with E-state index in [1.165, 1.54) is 0 Å². The predicted molar refractivity (Wildman–Crippen MR) is 42.1 cm³/mol. The van der Waals surface area contributed by atoms with E-state index >= 15 is 0 Å². The van der Waals surface area contributed by atoms with E-state index in [2.05, 4.69) is 23.3 Å². The van der Waals surface area contributed by atoms with Crippen LogP contribution >= 0.6 is 0 Å². The molecular weight excluding hydrogens is 124 g/mol. The molecule has 0 radical (unpaired) electrons. The lowest BCUT2D eigenvalue weighted by Gasteiger charge is -2.25. The minimum absolute atomic E-state index is 0.490. The average molecular weight is 136 g/mol. The molecule has 1 N–H and O–H groups in total. The maximum Gasteiger partial charge on any atom is 0.0672 e. The first kappa shape index (κ1) is 5.96. The van der Waals surface area contributed by atoms with Crippen LogP contribution in [0, 0.1) is 11.8 Å². The van der Waals surface area contributed by atoms with Crippen LogP contribution in [0.15, 0.2) is 17.3 Å². The normalized spacial score (nSPS) is 43.1. The topological polar surface area (TPSA) is 24.4 Å². The minimum Gasteiger partial charge on any atom is -0.383 e. The summed E-state index contributed by atoms with van der Waals surface area (Å²) >= 11 is 0. The first-order valence-electron chi connectivity index (χ1n) is 3.80. The standard InChI is InChI=1S/C8H12N2/c1-6-4-9-5-8-7(6)2-3-10-8/h2-3,5-8,10H,4H2,1H3. The summed E-state index contributed by atoms with van der Waals surface area (Å²) in [5.74, 6) is 1.40. The Morgan fingerprint density at radius 2 is 2.50 bits per heavy atom. The van der Waals surface area contributed by atoms with Gasteiger partial charge in [-0.05, 0) is 12.1 Å². The number of rotatable bonds is 0. The van der Waals surface area contributed by atoms with Crippen LogP contribution < -0.4 is 5.32 Å². The van der Waals surface area contributed by atoms with Crippen LogP contribution in [0.25, 0.3) is 0 Å². The third-order valence-electron chi connectivity index (χ3n) is 2.34. The van der Waals surface area contributed by atoms with Crippen molar-refractivity contribution < 1.29 is 0 Å². The lowest BCUT2D eigenvalue weighted by Crippen LogP contribution is -2.36. The summed E-state index contributed by atoms with van der Waals surface area (Å²) in [4.78, 5) is 4.27. The number of nitrogens with one attached hydrogen (secondary N) is 1. The fourth-order valence-electron chi connectivity index (χ4n) is 1.66. The van der Waals surface area contributed by atoms with E-state index in [-0.39, 0.29) is 0 Å². The molecular formula is C8H12N2. The van der Waals surface area contributed by atoms with Crippen LogP contribution in [0.2, 0.25) is 0 Å². The van der Waals surface area contributed by atoms with Crippen LogP contribution in [0.3, 0.4) is 0 Å². The summed E-state index contributed by atoms with van der Waals surface area (Å²) in [6.07, 6.45) is 6.33. The molecule has 3 atom stereocenters. The van der Waals surface area contributed by atoms with Crippen LogP contribution in [-0.4, -0.2) is 18.8 Å². The molecule has 54 valence electrons. The minimum atomic E-state index is 0.490. The largest absolute Gasteiger partial charge is 0.383 e. The van der Waals surface area contributed by atoms with Crippen LogP contribution in [0.4, 0.5) is 0 Å². The smallest absolute Gasteiger partial charge is 0.0672 e. The van der Waals surface area contributed by atoms with E-state index in [9.17, 15) is 0 Å². The predicted octanol–water partition coefficient (Wildman–Crippen LogP) is 0.809. The second-order valence-electron chi connectivity index (χ2n) is 3.12. The maximum atomic E-state index is 4.27. The lowest BCUT2D eigenvalue weighted by molar-refractivity contribution is 0.402. The number of hydrogen-bond acceptors (Lipinski definition) is 2. The molecule has 0 aromatic carbocycles. The number of nitrogens with zero attached hydrogens (tertiary/aromatic N) is 1. The van der Waals surface area contributed by atoms with Crippen molar-refractivity contribution in [3.05, 3.63) is 12.3 Å². The first-order chi connectivity index (χ1) is 4.88. The zero-order chi connectivity index (χ0) is 6.97. The zero-order valence-corrected chi connectivity index (χ0v) is 6.12. The monoisotopic (exact) mass is 136 g/mol. The maximum absolute atomic E-state index is 4.27. The second kappa shape index (κ2) is 2.11. The SMILES string of the molecule is CC1CN=CC2NC=CC12. The van der Waals surface area contributed by atoms with Crippen molar-refractivity contribution in [3.63, 3.8) is 0 Å². The molecule has 0 aromatic heterocycles. The molecule has 2 heteroatoms. The molecule has 3 unspecified atom stereocenters. The van der Waals surface area contributed by atoms with Gasteiger partial charge in [0.2, 0.25) is 0 Å². The van der Waals surface area contributed by atoms with Gasteiger partial charge in [-0.2, -0.15) is 0 Å². The molecule has 0 spiro atoms. The molecule has 0 saturated carbocycles. The summed E-state index contributed by atoms with van der Waals surface area (Å²) in [5, 5.41) is 3.26. The molecule has 0 bridgehead atoms. The van der Waals surface area contributed by atoms with Gasteiger partial charge in [-0.3, -0.25) is 4.99 Å². The Morgan fingerprint density at radius 3 is 3.30 bits per heavy atom. The van der Waals surface area contributed by atoms with Crippen molar-refractivity contribution in [2.45, 2.75) is 13.0 Å². The third kappa shape index (κ3) is 0.753. The number of fused-ring (bicyclic) bond motifs is 1. The van der Waals surface area contributed by atoms with E-state index in [4.69, 9.17) is 0 Å². The molecule has 2 aliphatic heterocycles. The summed E-state index contributed by atoms with van der Waals surface area (Å²) in [6.45, 7) is 3.25. The zero-order valence-electron chi connectivity index (χ0n) is 6.12. The quantitative estimate of drug-likeness (QED) is 0.523. The van der Waals surface area contributed by atoms with Gasteiger partial charge in [0.1, 0.15) is 0 Å². The van der Waals surface area contributed by atoms with Gasteiger partial charge in [-0.1, -0.05) is 13.0 Å². The molecule has 10 heavy (non-hydrogen) atoms. The van der Waals surface area contributed by atoms with Crippen LogP contribution in [-0.2, 0) is 0 Å². The second-order valence-corrected chi connectivity index (χ2v) is 3.12. The van der Waals surface area contributed by atoms with Gasteiger partial charge in [-0.25, -0.2) is 0 Å². The van der Waals surface area contributed by atoms with E-state index in [0.29, 0.717) is 17.9 Å². The summed E-state index contributed by atoms with van der Waals surface area (Å²) in [5.41, 5.74) is 0.